The predicted octanol–water partition coefficient (Wildman–Crippen LogP) is 2.07. The smallest absolute Gasteiger partial charge is 0.378 e. The number of nitro groups is 1. The van der Waals surface area contributed by atoms with E-state index in [1.54, 1.807) is 0 Å². The van der Waals surface area contributed by atoms with Crippen LogP contribution in [0.2, 0.25) is 0 Å². The Balaban J connectivity index is 2.23. The lowest BCUT2D eigenvalue weighted by molar-refractivity contribution is -0.388. The molecule has 0 aliphatic heterocycles. The van der Waals surface area contributed by atoms with Crippen LogP contribution in [0.3, 0.4) is 0 Å². The van der Waals surface area contributed by atoms with Crippen LogP contribution in [-0.2, 0) is 17.5 Å². The van der Waals surface area contributed by atoms with Crippen LogP contribution < -0.4 is 5.32 Å². The molecule has 1 atom stereocenters. The van der Waals surface area contributed by atoms with Crippen molar-refractivity contribution in [2.24, 2.45) is 0 Å². The quantitative estimate of drug-likeness (QED) is 0.600. The average Bonchev–Trinajstić information content (AvgIpc) is 3.00. The summed E-state index contributed by atoms with van der Waals surface area (Å²) in [4.78, 5) is 21.8. The first-order valence-corrected chi connectivity index (χ1v) is 7.26. The zero-order valence-corrected chi connectivity index (χ0v) is 13.7. The number of benzene rings is 1. The number of nitrogens with zero attached hydrogens (tertiary/aromatic N) is 4. The van der Waals surface area contributed by atoms with Crippen molar-refractivity contribution in [3.05, 3.63) is 51.8 Å². The molecule has 0 radical (unpaired) electrons. The second-order valence-corrected chi connectivity index (χ2v) is 5.75. The first kappa shape index (κ1) is 19.9. The van der Waals surface area contributed by atoms with E-state index in [1.807, 2.05) is 6.07 Å². The number of amides is 1. The summed E-state index contributed by atoms with van der Waals surface area (Å²) in [6.45, 7) is 0.728. The number of aliphatic hydroxyl groups is 1. The topological polar surface area (TPSA) is 134 Å². The van der Waals surface area contributed by atoms with Crippen LogP contribution in [0.4, 0.5) is 24.5 Å². The Labute approximate surface area is 149 Å². The monoisotopic (exact) mass is 383 g/mol. The molecule has 1 unspecified atom stereocenters. The molecule has 0 spiro atoms. The summed E-state index contributed by atoms with van der Waals surface area (Å²) in [5.74, 6) is -1.06. The molecule has 1 heterocycles. The summed E-state index contributed by atoms with van der Waals surface area (Å²) in [5.41, 5.74) is -4.96. The molecule has 1 amide bonds. The van der Waals surface area contributed by atoms with Gasteiger partial charge in [-0.15, -0.1) is 0 Å². The molecule has 0 aliphatic rings. The summed E-state index contributed by atoms with van der Waals surface area (Å²) in [7, 11) is 0. The molecule has 142 valence electrons. The van der Waals surface area contributed by atoms with Gasteiger partial charge in [0.2, 0.25) is 0 Å². The standard InChI is InChI=1S/C15H12F3N5O4/c1-14(25,8-22-7-9(5-19)6-20-22)13(24)21-10-2-3-12(23(26)27)11(4-10)15(16,17)18/h2-4,6-7,25H,8H2,1H3,(H,21,24). The van der Waals surface area contributed by atoms with Crippen LogP contribution in [0.15, 0.2) is 30.6 Å². The van der Waals surface area contributed by atoms with Gasteiger partial charge in [-0.25, -0.2) is 0 Å². The van der Waals surface area contributed by atoms with Gasteiger partial charge < -0.3 is 10.4 Å². The zero-order valence-electron chi connectivity index (χ0n) is 13.7. The molecule has 1 aromatic carbocycles. The molecule has 2 aromatic rings. The molecule has 0 saturated heterocycles. The van der Waals surface area contributed by atoms with Crippen molar-refractivity contribution in [1.82, 2.24) is 9.78 Å². The van der Waals surface area contributed by atoms with E-state index in [-0.39, 0.29) is 17.8 Å². The largest absolute Gasteiger partial charge is 0.423 e. The minimum Gasteiger partial charge on any atom is -0.378 e. The summed E-state index contributed by atoms with van der Waals surface area (Å²) >= 11 is 0. The van der Waals surface area contributed by atoms with Crippen molar-refractivity contribution in [2.75, 3.05) is 5.32 Å². The molecular formula is C15H12F3N5O4. The second kappa shape index (κ2) is 7.04. The van der Waals surface area contributed by atoms with Gasteiger partial charge in [0.1, 0.15) is 11.6 Å². The molecule has 1 aromatic heterocycles. The third-order valence-corrected chi connectivity index (χ3v) is 3.48. The molecule has 0 saturated carbocycles. The van der Waals surface area contributed by atoms with Gasteiger partial charge >= 0.3 is 6.18 Å². The summed E-state index contributed by atoms with van der Waals surface area (Å²) in [5, 5.41) is 35.6. The third kappa shape index (κ3) is 4.59. The highest BCUT2D eigenvalue weighted by atomic mass is 19.4. The minimum atomic E-state index is -5.01. The van der Waals surface area contributed by atoms with E-state index in [4.69, 9.17) is 5.26 Å². The number of carbonyl (C=O) groups is 1. The predicted molar refractivity (Wildman–Crippen MR) is 84.3 cm³/mol. The number of nitriles is 1. The van der Waals surface area contributed by atoms with Gasteiger partial charge in [0, 0.05) is 18.0 Å². The van der Waals surface area contributed by atoms with Gasteiger partial charge in [0.05, 0.1) is 23.2 Å². The normalized spacial score (nSPS) is 13.5. The van der Waals surface area contributed by atoms with E-state index >= 15 is 0 Å². The lowest BCUT2D eigenvalue weighted by Crippen LogP contribution is -2.43. The van der Waals surface area contributed by atoms with E-state index in [9.17, 15) is 33.2 Å². The highest BCUT2D eigenvalue weighted by Gasteiger charge is 2.39. The SMILES string of the molecule is CC(O)(Cn1cc(C#N)cn1)C(=O)Nc1ccc([N+](=O)[O-])c(C(F)(F)F)c1. The fraction of sp³-hybridized carbons (Fsp3) is 0.267. The highest BCUT2D eigenvalue weighted by Crippen LogP contribution is 2.37. The van der Waals surface area contributed by atoms with Crippen LogP contribution in [-0.4, -0.2) is 31.3 Å². The first-order chi connectivity index (χ1) is 12.4. The zero-order chi connectivity index (χ0) is 20.4. The number of hydrogen-bond donors (Lipinski definition) is 2. The number of rotatable bonds is 5. The van der Waals surface area contributed by atoms with E-state index in [1.165, 1.54) is 12.4 Å². The van der Waals surface area contributed by atoms with Crippen molar-refractivity contribution in [1.29, 1.82) is 5.26 Å². The Morgan fingerprint density at radius 1 is 1.48 bits per heavy atom. The van der Waals surface area contributed by atoms with Gasteiger partial charge in [0.25, 0.3) is 11.6 Å². The lowest BCUT2D eigenvalue weighted by Gasteiger charge is -2.22. The van der Waals surface area contributed by atoms with Crippen molar-refractivity contribution in [3.8, 4) is 6.07 Å². The van der Waals surface area contributed by atoms with E-state index in [2.05, 4.69) is 10.4 Å². The second-order valence-electron chi connectivity index (χ2n) is 5.75. The molecule has 0 bridgehead atoms. The first-order valence-electron chi connectivity index (χ1n) is 7.26. The number of hydrogen-bond acceptors (Lipinski definition) is 6. The van der Waals surface area contributed by atoms with Crippen LogP contribution in [0, 0.1) is 21.4 Å². The Morgan fingerprint density at radius 2 is 2.15 bits per heavy atom. The maximum atomic E-state index is 13.0. The number of nitrogens with one attached hydrogen (secondary N) is 1. The number of halogens is 3. The fourth-order valence-electron chi connectivity index (χ4n) is 2.16. The van der Waals surface area contributed by atoms with E-state index in [0.29, 0.717) is 12.1 Å². The van der Waals surface area contributed by atoms with E-state index < -0.39 is 33.9 Å². The van der Waals surface area contributed by atoms with Crippen LogP contribution >= 0.6 is 0 Å². The molecule has 9 nitrogen and oxygen atoms in total. The van der Waals surface area contributed by atoms with Crippen LogP contribution in [0.25, 0.3) is 0 Å². The van der Waals surface area contributed by atoms with Crippen molar-refractivity contribution in [2.45, 2.75) is 25.2 Å². The number of alkyl halides is 3. The molecule has 12 heteroatoms. The maximum Gasteiger partial charge on any atom is 0.423 e. The molecule has 27 heavy (non-hydrogen) atoms. The molecule has 0 aliphatic carbocycles. The van der Waals surface area contributed by atoms with Crippen molar-refractivity contribution < 1.29 is 28.0 Å². The summed E-state index contributed by atoms with van der Waals surface area (Å²) < 4.78 is 40.1. The van der Waals surface area contributed by atoms with Crippen molar-refractivity contribution >= 4 is 17.3 Å². The van der Waals surface area contributed by atoms with Gasteiger partial charge in [-0.05, 0) is 19.1 Å². The Morgan fingerprint density at radius 3 is 2.67 bits per heavy atom. The van der Waals surface area contributed by atoms with Gasteiger partial charge in [-0.2, -0.15) is 23.5 Å². The van der Waals surface area contributed by atoms with Gasteiger partial charge in [0.15, 0.2) is 5.60 Å². The maximum absolute atomic E-state index is 13.0. The molecule has 0 fully saturated rings. The van der Waals surface area contributed by atoms with Gasteiger partial charge in [-0.1, -0.05) is 0 Å². The Kier molecular flexibility index (Phi) is 5.18. The minimum absolute atomic E-state index is 0.191. The number of anilines is 1. The van der Waals surface area contributed by atoms with Crippen LogP contribution in [0.5, 0.6) is 0 Å². The van der Waals surface area contributed by atoms with Crippen LogP contribution in [0.1, 0.15) is 18.1 Å². The Hall–Kier alpha value is -3.46. The average molecular weight is 383 g/mol. The molecular weight excluding hydrogens is 371 g/mol. The number of carbonyl (C=O) groups excluding carboxylic acids is 1. The van der Waals surface area contributed by atoms with E-state index in [0.717, 1.165) is 17.7 Å². The van der Waals surface area contributed by atoms with Gasteiger partial charge in [-0.3, -0.25) is 19.6 Å². The number of aromatic nitrogens is 2. The molecule has 2 rings (SSSR count). The van der Waals surface area contributed by atoms with Crippen molar-refractivity contribution in [3.63, 3.8) is 0 Å². The summed E-state index contributed by atoms with van der Waals surface area (Å²) in [6.07, 6.45) is -2.52. The third-order valence-electron chi connectivity index (χ3n) is 3.48. The Bertz CT molecular complexity index is 930. The highest BCUT2D eigenvalue weighted by molar-refractivity contribution is 5.97. The summed E-state index contributed by atoms with van der Waals surface area (Å²) in [6, 6.07) is 3.75. The number of nitro benzene ring substituents is 1. The lowest BCUT2D eigenvalue weighted by atomic mass is 10.1. The molecule has 2 N–H and O–H groups in total. The fourth-order valence-corrected chi connectivity index (χ4v) is 2.16.